The van der Waals surface area contributed by atoms with Gasteiger partial charge in [0.05, 0.1) is 22.0 Å². The van der Waals surface area contributed by atoms with Crippen molar-refractivity contribution in [1.29, 1.82) is 0 Å². The highest BCUT2D eigenvalue weighted by molar-refractivity contribution is 6.42. The standard InChI is InChI=1S/C33H40Cl2FN3O3/c1-20(2)29(21-5-8-24(36)9-6-21)31(41)37(4)28-19-39(18-25(28)23-7-10-26(34)27(35)17-23)30(40)22-11-15-38(16-12-22)32(42)33(3)13-14-33/h5-10,17,20,22,25,28-29H,11-16,18-19H2,1-4H3. The van der Waals surface area contributed by atoms with Crippen molar-refractivity contribution >= 4 is 40.9 Å². The van der Waals surface area contributed by atoms with Gasteiger partial charge in [-0.05, 0) is 67.0 Å². The predicted molar refractivity (Wildman–Crippen MR) is 163 cm³/mol. The molecule has 0 radical (unpaired) electrons. The van der Waals surface area contributed by atoms with Crippen molar-refractivity contribution < 1.29 is 18.8 Å². The molecule has 3 fully saturated rings. The number of halogens is 3. The predicted octanol–water partition coefficient (Wildman–Crippen LogP) is 6.36. The van der Waals surface area contributed by atoms with Crippen LogP contribution in [0.4, 0.5) is 4.39 Å². The second-order valence-corrected chi connectivity index (χ2v) is 13.8. The number of amides is 3. The van der Waals surface area contributed by atoms with Crippen LogP contribution >= 0.6 is 23.2 Å². The monoisotopic (exact) mass is 615 g/mol. The van der Waals surface area contributed by atoms with E-state index in [2.05, 4.69) is 0 Å². The van der Waals surface area contributed by atoms with Crippen molar-refractivity contribution in [3.63, 3.8) is 0 Å². The Morgan fingerprint density at radius 2 is 1.60 bits per heavy atom. The highest BCUT2D eigenvalue weighted by atomic mass is 35.5. The molecule has 2 aliphatic heterocycles. The van der Waals surface area contributed by atoms with Gasteiger partial charge < -0.3 is 14.7 Å². The van der Waals surface area contributed by atoms with Gasteiger partial charge in [0.2, 0.25) is 17.7 Å². The van der Waals surface area contributed by atoms with Gasteiger partial charge in [0, 0.05) is 50.5 Å². The first-order chi connectivity index (χ1) is 19.9. The highest BCUT2D eigenvalue weighted by Crippen LogP contribution is 2.47. The van der Waals surface area contributed by atoms with Gasteiger partial charge in [-0.15, -0.1) is 0 Å². The largest absolute Gasteiger partial charge is 0.342 e. The Morgan fingerprint density at radius 3 is 2.17 bits per heavy atom. The number of carbonyl (C=O) groups is 3. The Morgan fingerprint density at radius 1 is 0.952 bits per heavy atom. The summed E-state index contributed by atoms with van der Waals surface area (Å²) < 4.78 is 13.7. The van der Waals surface area contributed by atoms with E-state index in [9.17, 15) is 18.8 Å². The van der Waals surface area contributed by atoms with Crippen LogP contribution in [0.1, 0.15) is 69.4 Å². The molecule has 1 saturated carbocycles. The number of carbonyl (C=O) groups excluding carboxylic acids is 3. The van der Waals surface area contributed by atoms with E-state index >= 15 is 0 Å². The molecule has 6 nitrogen and oxygen atoms in total. The number of rotatable bonds is 7. The summed E-state index contributed by atoms with van der Waals surface area (Å²) in [6.45, 7) is 8.06. The van der Waals surface area contributed by atoms with E-state index in [0.717, 1.165) is 24.0 Å². The van der Waals surface area contributed by atoms with E-state index in [1.165, 1.54) is 12.1 Å². The van der Waals surface area contributed by atoms with Crippen molar-refractivity contribution in [3.05, 3.63) is 69.5 Å². The second kappa shape index (κ2) is 12.2. The maximum Gasteiger partial charge on any atom is 0.230 e. The molecule has 9 heteroatoms. The Labute approximate surface area is 258 Å². The zero-order valence-electron chi connectivity index (χ0n) is 24.8. The minimum atomic E-state index is -0.454. The van der Waals surface area contributed by atoms with Crippen LogP contribution in [0.3, 0.4) is 0 Å². The van der Waals surface area contributed by atoms with Gasteiger partial charge in [-0.1, -0.05) is 62.2 Å². The van der Waals surface area contributed by atoms with Crippen molar-refractivity contribution in [2.75, 3.05) is 33.2 Å². The zero-order chi connectivity index (χ0) is 30.3. The average molecular weight is 617 g/mol. The van der Waals surface area contributed by atoms with Gasteiger partial charge >= 0.3 is 0 Å². The maximum absolute atomic E-state index is 14.1. The molecule has 0 aromatic heterocycles. The SMILES string of the molecule is CC(C)C(C(=O)N(C)C1CN(C(=O)C2CCN(C(=O)C3(C)CC3)CC2)CC1c1ccc(Cl)c(Cl)c1)c1ccc(F)cc1. The molecular formula is C33H40Cl2FN3O3. The molecule has 0 N–H and O–H groups in total. The lowest BCUT2D eigenvalue weighted by atomic mass is 9.86. The molecule has 2 saturated heterocycles. The molecule has 2 aromatic carbocycles. The highest BCUT2D eigenvalue weighted by Gasteiger charge is 2.48. The third kappa shape index (κ3) is 6.19. The molecular weight excluding hydrogens is 576 g/mol. The number of likely N-dealkylation sites (N-methyl/N-ethyl adjacent to an activating group) is 1. The van der Waals surface area contributed by atoms with Gasteiger partial charge in [0.1, 0.15) is 5.82 Å². The number of likely N-dealkylation sites (tertiary alicyclic amines) is 2. The molecule has 226 valence electrons. The van der Waals surface area contributed by atoms with Crippen LogP contribution in [0.15, 0.2) is 42.5 Å². The second-order valence-electron chi connectivity index (χ2n) is 12.9. The minimum absolute atomic E-state index is 0.0150. The van der Waals surface area contributed by atoms with Gasteiger partial charge in [-0.3, -0.25) is 14.4 Å². The van der Waals surface area contributed by atoms with Crippen molar-refractivity contribution in [3.8, 4) is 0 Å². The van der Waals surface area contributed by atoms with Gasteiger partial charge in [-0.25, -0.2) is 4.39 Å². The van der Waals surface area contributed by atoms with Crippen LogP contribution in [0.2, 0.25) is 10.0 Å². The molecule has 0 spiro atoms. The summed E-state index contributed by atoms with van der Waals surface area (Å²) in [6, 6.07) is 11.3. The van der Waals surface area contributed by atoms with Gasteiger partial charge in [0.15, 0.2) is 0 Å². The topological polar surface area (TPSA) is 60.9 Å². The first-order valence-electron chi connectivity index (χ1n) is 14.9. The lowest BCUT2D eigenvalue weighted by Crippen LogP contribution is -2.47. The van der Waals surface area contributed by atoms with E-state index in [1.807, 2.05) is 42.7 Å². The third-order valence-electron chi connectivity index (χ3n) is 9.63. The normalized spacial score (nSPS) is 22.8. The molecule has 3 atom stereocenters. The third-order valence-corrected chi connectivity index (χ3v) is 10.4. The smallest absolute Gasteiger partial charge is 0.230 e. The molecule has 1 aliphatic carbocycles. The van der Waals surface area contributed by atoms with Crippen molar-refractivity contribution in [2.45, 2.75) is 64.3 Å². The van der Waals surface area contributed by atoms with Crippen LogP contribution in [0, 0.1) is 23.1 Å². The molecule has 3 aliphatic rings. The van der Waals surface area contributed by atoms with E-state index in [-0.39, 0.29) is 52.7 Å². The lowest BCUT2D eigenvalue weighted by molar-refractivity contribution is -0.142. The maximum atomic E-state index is 14.1. The minimum Gasteiger partial charge on any atom is -0.342 e. The molecule has 42 heavy (non-hydrogen) atoms. The molecule has 0 bridgehead atoms. The Kier molecular flexibility index (Phi) is 8.92. The van der Waals surface area contributed by atoms with Gasteiger partial charge in [-0.2, -0.15) is 0 Å². The number of benzene rings is 2. The summed E-state index contributed by atoms with van der Waals surface area (Å²) in [4.78, 5) is 46.3. The number of piperidine rings is 1. The Hall–Kier alpha value is -2.64. The van der Waals surface area contributed by atoms with Crippen molar-refractivity contribution in [1.82, 2.24) is 14.7 Å². The van der Waals surface area contributed by atoms with Crippen LogP contribution in [0.25, 0.3) is 0 Å². The van der Waals surface area contributed by atoms with E-state index in [1.54, 1.807) is 30.1 Å². The summed E-state index contributed by atoms with van der Waals surface area (Å²) in [5, 5.41) is 0.879. The van der Waals surface area contributed by atoms with Crippen LogP contribution < -0.4 is 0 Å². The summed E-state index contributed by atoms with van der Waals surface area (Å²) in [5.74, 6) is -0.899. The quantitative estimate of drug-likeness (QED) is 0.364. The molecule has 3 amide bonds. The fourth-order valence-corrected chi connectivity index (χ4v) is 6.97. The molecule has 5 rings (SSSR count). The first kappa shape index (κ1) is 30.8. The molecule has 3 unspecified atom stereocenters. The zero-order valence-corrected chi connectivity index (χ0v) is 26.3. The number of nitrogens with zero attached hydrogens (tertiary/aromatic N) is 3. The van der Waals surface area contributed by atoms with Crippen LogP contribution in [-0.4, -0.2) is 71.7 Å². The lowest BCUT2D eigenvalue weighted by Gasteiger charge is -2.35. The Bertz CT molecular complexity index is 1340. The summed E-state index contributed by atoms with van der Waals surface area (Å²) >= 11 is 12.6. The average Bonchev–Trinajstić information content (AvgIpc) is 3.57. The molecule has 2 heterocycles. The number of hydrogen-bond donors (Lipinski definition) is 0. The summed E-state index contributed by atoms with van der Waals surface area (Å²) in [7, 11) is 1.80. The summed E-state index contributed by atoms with van der Waals surface area (Å²) in [5.41, 5.74) is 1.48. The van der Waals surface area contributed by atoms with Crippen LogP contribution in [0.5, 0.6) is 0 Å². The first-order valence-corrected chi connectivity index (χ1v) is 15.7. The number of hydrogen-bond acceptors (Lipinski definition) is 3. The van der Waals surface area contributed by atoms with Gasteiger partial charge in [0.25, 0.3) is 0 Å². The fourth-order valence-electron chi connectivity index (χ4n) is 6.67. The fraction of sp³-hybridized carbons (Fsp3) is 0.545. The van der Waals surface area contributed by atoms with E-state index in [4.69, 9.17) is 23.2 Å². The van der Waals surface area contributed by atoms with Crippen LogP contribution in [-0.2, 0) is 14.4 Å². The van der Waals surface area contributed by atoms with E-state index in [0.29, 0.717) is 49.1 Å². The van der Waals surface area contributed by atoms with E-state index < -0.39 is 5.92 Å². The Balaban J connectivity index is 1.35. The summed E-state index contributed by atoms with van der Waals surface area (Å²) in [6.07, 6.45) is 3.18. The molecule has 2 aromatic rings. The van der Waals surface area contributed by atoms with Crippen molar-refractivity contribution in [2.24, 2.45) is 17.3 Å².